The molecule has 3 aromatic carbocycles. The van der Waals surface area contributed by atoms with Crippen LogP contribution in [0.3, 0.4) is 0 Å². The van der Waals surface area contributed by atoms with Crippen molar-refractivity contribution in [2.45, 2.75) is 0 Å². The summed E-state index contributed by atoms with van der Waals surface area (Å²) in [5, 5.41) is 9.78. The number of fused-ring (bicyclic) bond motifs is 2. The molecule has 0 atom stereocenters. The largest absolute Gasteiger partial charge is 0.504 e. The Balaban J connectivity index is 1.56. The standard InChI is InChI=1S/C22H15N3O4/c1-29-19-10-12(6-9-18(19)26)20-23-16-8-7-13(11-17(16)24-20)25-21(27)14-4-2-3-5-15(14)22(25)28/h2-11,26H,1H3,(H,23,24). The average molecular weight is 385 g/mol. The number of carbonyl (C=O) groups excluding carboxylic acids is 2. The fourth-order valence-electron chi connectivity index (χ4n) is 3.52. The molecule has 2 heterocycles. The highest BCUT2D eigenvalue weighted by atomic mass is 16.5. The van der Waals surface area contributed by atoms with E-state index in [9.17, 15) is 14.7 Å². The van der Waals surface area contributed by atoms with E-state index in [4.69, 9.17) is 4.74 Å². The highest BCUT2D eigenvalue weighted by Gasteiger charge is 2.36. The monoisotopic (exact) mass is 385 g/mol. The molecule has 0 spiro atoms. The summed E-state index contributed by atoms with van der Waals surface area (Å²) in [6.07, 6.45) is 0. The van der Waals surface area contributed by atoms with Crippen molar-refractivity contribution in [1.29, 1.82) is 0 Å². The fraction of sp³-hybridized carbons (Fsp3) is 0.0455. The molecule has 4 aromatic rings. The Hall–Kier alpha value is -4.13. The Bertz CT molecular complexity index is 1270. The van der Waals surface area contributed by atoms with Crippen LogP contribution in [-0.2, 0) is 0 Å². The number of benzene rings is 3. The van der Waals surface area contributed by atoms with E-state index in [1.165, 1.54) is 18.1 Å². The van der Waals surface area contributed by atoms with Crippen LogP contribution in [0.2, 0.25) is 0 Å². The van der Waals surface area contributed by atoms with Gasteiger partial charge in [-0.05, 0) is 48.5 Å². The van der Waals surface area contributed by atoms with Crippen molar-refractivity contribution in [2.24, 2.45) is 0 Å². The highest BCUT2D eigenvalue weighted by Crippen LogP contribution is 2.33. The number of carbonyl (C=O) groups is 2. The second-order valence-corrected chi connectivity index (χ2v) is 6.66. The molecule has 7 nitrogen and oxygen atoms in total. The van der Waals surface area contributed by atoms with E-state index in [0.717, 1.165) is 5.56 Å². The first-order valence-electron chi connectivity index (χ1n) is 8.92. The Labute approximate surface area is 165 Å². The first-order valence-corrected chi connectivity index (χ1v) is 8.92. The number of aromatic nitrogens is 2. The fourth-order valence-corrected chi connectivity index (χ4v) is 3.52. The van der Waals surface area contributed by atoms with Crippen molar-refractivity contribution in [3.8, 4) is 22.9 Å². The van der Waals surface area contributed by atoms with Crippen LogP contribution in [0, 0.1) is 0 Å². The van der Waals surface area contributed by atoms with Gasteiger partial charge in [0.1, 0.15) is 5.82 Å². The normalized spacial score (nSPS) is 13.2. The van der Waals surface area contributed by atoms with Crippen molar-refractivity contribution < 1.29 is 19.4 Å². The lowest BCUT2D eigenvalue weighted by molar-refractivity contribution is 0.0926. The summed E-state index contributed by atoms with van der Waals surface area (Å²) in [4.78, 5) is 34.4. The number of hydrogen-bond donors (Lipinski definition) is 2. The first kappa shape index (κ1) is 17.0. The number of nitrogens with one attached hydrogen (secondary N) is 1. The lowest BCUT2D eigenvalue weighted by atomic mass is 10.1. The van der Waals surface area contributed by atoms with Gasteiger partial charge in [-0.2, -0.15) is 0 Å². The summed E-state index contributed by atoms with van der Waals surface area (Å²) >= 11 is 0. The molecule has 0 radical (unpaired) electrons. The molecule has 142 valence electrons. The van der Waals surface area contributed by atoms with Gasteiger partial charge in [0.05, 0.1) is 35.0 Å². The molecule has 29 heavy (non-hydrogen) atoms. The van der Waals surface area contributed by atoms with Gasteiger partial charge >= 0.3 is 0 Å². The summed E-state index contributed by atoms with van der Waals surface area (Å²) in [6.45, 7) is 0. The van der Waals surface area contributed by atoms with Crippen LogP contribution >= 0.6 is 0 Å². The topological polar surface area (TPSA) is 95.5 Å². The second-order valence-electron chi connectivity index (χ2n) is 6.66. The number of H-pyrrole nitrogens is 1. The van der Waals surface area contributed by atoms with Crippen molar-refractivity contribution in [3.05, 3.63) is 71.8 Å². The molecular formula is C22H15N3O4. The molecule has 7 heteroatoms. The van der Waals surface area contributed by atoms with E-state index < -0.39 is 0 Å². The summed E-state index contributed by atoms with van der Waals surface area (Å²) in [5.41, 5.74) is 3.38. The first-order chi connectivity index (χ1) is 14.1. The van der Waals surface area contributed by atoms with Crippen molar-refractivity contribution in [2.75, 3.05) is 12.0 Å². The number of phenolic OH excluding ortho intramolecular Hbond substituents is 1. The number of aromatic amines is 1. The Kier molecular flexibility index (Phi) is 3.64. The van der Waals surface area contributed by atoms with Crippen molar-refractivity contribution in [1.82, 2.24) is 9.97 Å². The number of phenols is 1. The number of hydrogen-bond acceptors (Lipinski definition) is 5. The van der Waals surface area contributed by atoms with Gasteiger partial charge < -0.3 is 14.8 Å². The Morgan fingerprint density at radius 1 is 0.966 bits per heavy atom. The molecule has 0 saturated heterocycles. The van der Waals surface area contributed by atoms with Crippen molar-refractivity contribution >= 4 is 28.5 Å². The maximum Gasteiger partial charge on any atom is 0.266 e. The van der Waals surface area contributed by atoms with Crippen LogP contribution in [-0.4, -0.2) is 34.0 Å². The van der Waals surface area contributed by atoms with Gasteiger partial charge in [0, 0.05) is 5.56 Å². The molecule has 0 saturated carbocycles. The lowest BCUT2D eigenvalue weighted by Crippen LogP contribution is -2.29. The van der Waals surface area contributed by atoms with Crippen LogP contribution in [0.15, 0.2) is 60.7 Å². The predicted octanol–water partition coefficient (Wildman–Crippen LogP) is 3.74. The lowest BCUT2D eigenvalue weighted by Gasteiger charge is -2.13. The number of rotatable bonds is 3. The van der Waals surface area contributed by atoms with Crippen LogP contribution in [0.1, 0.15) is 20.7 Å². The number of imidazole rings is 1. The number of imide groups is 1. The Morgan fingerprint density at radius 2 is 1.69 bits per heavy atom. The quantitative estimate of drug-likeness (QED) is 0.524. The molecule has 5 rings (SSSR count). The van der Waals surface area contributed by atoms with Gasteiger partial charge in [0.15, 0.2) is 11.5 Å². The third kappa shape index (κ3) is 2.55. The number of aromatic hydroxyl groups is 1. The third-order valence-electron chi connectivity index (χ3n) is 4.97. The van der Waals surface area contributed by atoms with Crippen LogP contribution < -0.4 is 9.64 Å². The minimum absolute atomic E-state index is 0.0419. The van der Waals surface area contributed by atoms with Gasteiger partial charge in [-0.25, -0.2) is 9.88 Å². The van der Waals surface area contributed by atoms with E-state index in [1.54, 1.807) is 54.6 Å². The van der Waals surface area contributed by atoms with Crippen LogP contribution in [0.4, 0.5) is 5.69 Å². The smallest absolute Gasteiger partial charge is 0.266 e. The summed E-state index contributed by atoms with van der Waals surface area (Å²) in [5.74, 6) is 0.286. The third-order valence-corrected chi connectivity index (χ3v) is 4.97. The van der Waals surface area contributed by atoms with E-state index in [-0.39, 0.29) is 17.6 Å². The summed E-state index contributed by atoms with van der Waals surface area (Å²) in [6, 6.07) is 16.9. The van der Waals surface area contributed by atoms with Gasteiger partial charge in [-0.1, -0.05) is 12.1 Å². The molecule has 2 N–H and O–H groups in total. The predicted molar refractivity (Wildman–Crippen MR) is 107 cm³/mol. The Morgan fingerprint density at radius 3 is 2.38 bits per heavy atom. The molecule has 1 aliphatic rings. The van der Waals surface area contributed by atoms with Gasteiger partial charge in [0.2, 0.25) is 0 Å². The highest BCUT2D eigenvalue weighted by molar-refractivity contribution is 6.34. The summed E-state index contributed by atoms with van der Waals surface area (Å²) in [7, 11) is 1.48. The van der Waals surface area contributed by atoms with Gasteiger partial charge in [-0.15, -0.1) is 0 Å². The molecule has 0 aliphatic carbocycles. The van der Waals surface area contributed by atoms with Crippen LogP contribution in [0.5, 0.6) is 11.5 Å². The van der Waals surface area contributed by atoms with E-state index in [2.05, 4.69) is 9.97 Å². The molecule has 0 unspecified atom stereocenters. The molecular weight excluding hydrogens is 370 g/mol. The van der Waals surface area contributed by atoms with Gasteiger partial charge in [0.25, 0.3) is 11.8 Å². The van der Waals surface area contributed by atoms with E-state index in [1.807, 2.05) is 0 Å². The zero-order valence-corrected chi connectivity index (χ0v) is 15.3. The average Bonchev–Trinajstić information content (AvgIpc) is 3.27. The number of methoxy groups -OCH3 is 1. The molecule has 2 amide bonds. The van der Waals surface area contributed by atoms with Crippen molar-refractivity contribution in [3.63, 3.8) is 0 Å². The number of nitrogens with zero attached hydrogens (tertiary/aromatic N) is 2. The minimum atomic E-state index is -0.340. The molecule has 1 aromatic heterocycles. The van der Waals surface area contributed by atoms with E-state index >= 15 is 0 Å². The summed E-state index contributed by atoms with van der Waals surface area (Å²) < 4.78 is 5.15. The maximum absolute atomic E-state index is 12.7. The number of ether oxygens (including phenoxy) is 1. The molecule has 1 aliphatic heterocycles. The number of amides is 2. The zero-order chi connectivity index (χ0) is 20.1. The van der Waals surface area contributed by atoms with E-state index in [0.29, 0.717) is 39.4 Å². The molecule has 0 fully saturated rings. The minimum Gasteiger partial charge on any atom is -0.504 e. The second kappa shape index (κ2) is 6.20. The number of anilines is 1. The van der Waals surface area contributed by atoms with Gasteiger partial charge in [-0.3, -0.25) is 9.59 Å². The zero-order valence-electron chi connectivity index (χ0n) is 15.3. The SMILES string of the molecule is COc1cc(-c2nc3ccc(N4C(=O)c5ccccc5C4=O)cc3[nH]2)ccc1O. The maximum atomic E-state index is 12.7. The van der Waals surface area contributed by atoms with Crippen LogP contribution in [0.25, 0.3) is 22.4 Å². The molecule has 0 bridgehead atoms.